The fourth-order valence-electron chi connectivity index (χ4n) is 5.41. The molecule has 2 aliphatic heterocycles. The van der Waals surface area contributed by atoms with Crippen LogP contribution < -0.4 is 10.9 Å². The number of amides is 1. The van der Waals surface area contributed by atoms with Gasteiger partial charge in [0.2, 0.25) is 5.91 Å². The van der Waals surface area contributed by atoms with Crippen LogP contribution in [0, 0.1) is 11.8 Å². The molecule has 2 aliphatic rings. The Bertz CT molecular complexity index is 1130. The van der Waals surface area contributed by atoms with Crippen molar-refractivity contribution in [1.29, 1.82) is 0 Å². The van der Waals surface area contributed by atoms with Gasteiger partial charge >= 0.3 is 6.18 Å². The molecule has 4 atom stereocenters. The van der Waals surface area contributed by atoms with Gasteiger partial charge in [0.25, 0.3) is 5.56 Å². The molecular formula is C25H29F3N4O3. The van der Waals surface area contributed by atoms with Gasteiger partial charge in [-0.25, -0.2) is 0 Å². The number of halogens is 3. The van der Waals surface area contributed by atoms with Crippen molar-refractivity contribution in [3.05, 3.63) is 69.9 Å². The van der Waals surface area contributed by atoms with Crippen molar-refractivity contribution >= 4 is 12.0 Å². The quantitative estimate of drug-likeness (QED) is 0.594. The van der Waals surface area contributed by atoms with Crippen LogP contribution >= 0.6 is 0 Å². The maximum Gasteiger partial charge on any atom is 0.390 e. The van der Waals surface area contributed by atoms with Crippen LogP contribution in [0.1, 0.15) is 36.2 Å². The van der Waals surface area contributed by atoms with E-state index in [0.29, 0.717) is 24.2 Å². The lowest BCUT2D eigenvalue weighted by Crippen LogP contribution is -2.47. The van der Waals surface area contributed by atoms with E-state index in [2.05, 4.69) is 10.3 Å². The third-order valence-electron chi connectivity index (χ3n) is 6.96. The van der Waals surface area contributed by atoms with Crippen molar-refractivity contribution in [3.8, 4) is 0 Å². The zero-order valence-electron chi connectivity index (χ0n) is 19.4. The second-order valence-corrected chi connectivity index (χ2v) is 9.01. The third kappa shape index (κ3) is 5.18. The van der Waals surface area contributed by atoms with Gasteiger partial charge in [0.05, 0.1) is 18.4 Å². The molecule has 4 rings (SSSR count). The van der Waals surface area contributed by atoms with Crippen LogP contribution in [0.25, 0.3) is 6.08 Å². The molecule has 2 aromatic rings. The van der Waals surface area contributed by atoms with Crippen LogP contribution in [0.5, 0.6) is 0 Å². The van der Waals surface area contributed by atoms with Gasteiger partial charge in [-0.1, -0.05) is 12.2 Å². The summed E-state index contributed by atoms with van der Waals surface area (Å²) in [5.41, 5.74) is 1.72. The molecule has 0 aromatic carbocycles. The first-order valence-corrected chi connectivity index (χ1v) is 11.7. The number of aliphatic hydroxyl groups is 1. The first kappa shape index (κ1) is 25.1. The molecule has 1 fully saturated rings. The summed E-state index contributed by atoms with van der Waals surface area (Å²) in [5.74, 6) is -1.71. The maximum atomic E-state index is 13.4. The lowest BCUT2D eigenvalue weighted by molar-refractivity contribution is -0.140. The molecule has 2 bridgehead atoms. The van der Waals surface area contributed by atoms with Crippen LogP contribution in [-0.4, -0.2) is 57.4 Å². The number of hydrogen-bond acceptors (Lipinski definition) is 5. The van der Waals surface area contributed by atoms with Gasteiger partial charge in [-0.15, -0.1) is 0 Å². The molecule has 7 nitrogen and oxygen atoms in total. The van der Waals surface area contributed by atoms with Gasteiger partial charge in [-0.05, 0) is 43.2 Å². The summed E-state index contributed by atoms with van der Waals surface area (Å²) >= 11 is 0. The van der Waals surface area contributed by atoms with Crippen molar-refractivity contribution < 1.29 is 23.1 Å². The van der Waals surface area contributed by atoms with Gasteiger partial charge in [-0.3, -0.25) is 19.5 Å². The second kappa shape index (κ2) is 10.3. The smallest absolute Gasteiger partial charge is 0.390 e. The van der Waals surface area contributed by atoms with E-state index >= 15 is 0 Å². The molecule has 1 saturated heterocycles. The predicted molar refractivity (Wildman–Crippen MR) is 124 cm³/mol. The summed E-state index contributed by atoms with van der Waals surface area (Å²) in [6.07, 6.45) is 1.92. The fourth-order valence-corrected chi connectivity index (χ4v) is 5.41. The van der Waals surface area contributed by atoms with Crippen molar-refractivity contribution in [1.82, 2.24) is 19.8 Å². The highest BCUT2D eigenvalue weighted by Gasteiger charge is 2.56. The Morgan fingerprint density at radius 1 is 1.26 bits per heavy atom. The number of allylic oxidation sites excluding steroid dienone is 1. The first-order valence-electron chi connectivity index (χ1n) is 11.7. The van der Waals surface area contributed by atoms with Crippen LogP contribution in [0.3, 0.4) is 0 Å². The fraction of sp³-hybridized carbons (Fsp3) is 0.480. The number of nitrogens with zero attached hydrogens (tertiary/aromatic N) is 3. The molecule has 0 unspecified atom stereocenters. The Hall–Kier alpha value is -2.98. The van der Waals surface area contributed by atoms with E-state index in [1.807, 2.05) is 12.1 Å². The van der Waals surface area contributed by atoms with Crippen molar-refractivity contribution in [2.24, 2.45) is 11.8 Å². The zero-order chi connectivity index (χ0) is 25.2. The molecule has 4 heterocycles. The average molecular weight is 491 g/mol. The second-order valence-electron chi connectivity index (χ2n) is 9.01. The Labute approximate surface area is 201 Å². The monoisotopic (exact) mass is 490 g/mol. The molecule has 0 aliphatic carbocycles. The van der Waals surface area contributed by atoms with Crippen molar-refractivity contribution in [2.75, 3.05) is 19.7 Å². The Morgan fingerprint density at radius 3 is 2.66 bits per heavy atom. The number of nitrogens with one attached hydrogen (secondary N) is 1. The Kier molecular flexibility index (Phi) is 7.42. The number of pyridine rings is 2. The summed E-state index contributed by atoms with van der Waals surface area (Å²) in [5, 5.41) is 13.1. The maximum absolute atomic E-state index is 13.4. The number of fused-ring (bicyclic) bond motifs is 4. The predicted octanol–water partition coefficient (Wildman–Crippen LogP) is 2.55. The topological polar surface area (TPSA) is 87.5 Å². The number of rotatable bonds is 8. The minimum atomic E-state index is -4.36. The van der Waals surface area contributed by atoms with Gasteiger partial charge in [0, 0.05) is 61.9 Å². The van der Waals surface area contributed by atoms with Crippen LogP contribution in [0.4, 0.5) is 13.2 Å². The van der Waals surface area contributed by atoms with E-state index in [4.69, 9.17) is 0 Å². The number of aromatic nitrogens is 2. The zero-order valence-corrected chi connectivity index (χ0v) is 19.4. The molecule has 2 aromatic heterocycles. The molecule has 0 radical (unpaired) electrons. The lowest BCUT2D eigenvalue weighted by atomic mass is 9.86. The molecule has 35 heavy (non-hydrogen) atoms. The molecule has 0 spiro atoms. The summed E-state index contributed by atoms with van der Waals surface area (Å²) in [7, 11) is 0. The average Bonchev–Trinajstić information content (AvgIpc) is 3.05. The third-order valence-corrected chi connectivity index (χ3v) is 6.96. The number of aliphatic hydroxyl groups excluding tert-OH is 1. The Morgan fingerprint density at radius 2 is 2.00 bits per heavy atom. The van der Waals surface area contributed by atoms with Crippen LogP contribution in [0.2, 0.25) is 0 Å². The molecular weight excluding hydrogens is 461 g/mol. The van der Waals surface area contributed by atoms with E-state index < -0.39 is 36.5 Å². The lowest BCUT2D eigenvalue weighted by Gasteiger charge is -2.38. The van der Waals surface area contributed by atoms with E-state index in [0.717, 1.165) is 5.56 Å². The highest BCUT2D eigenvalue weighted by molar-refractivity contribution is 5.80. The summed E-state index contributed by atoms with van der Waals surface area (Å²) in [6, 6.07) is 5.75. The minimum Gasteiger partial charge on any atom is -0.396 e. The number of alkyl halides is 3. The van der Waals surface area contributed by atoms with Gasteiger partial charge in [0.1, 0.15) is 0 Å². The standard InChI is InChI=1S/C25H29F3N4O3/c1-2-3-17-4-5-19-22-21(23(34)30-12-8-16-6-10-29-11-7-16)18(15-33)20(14-32(19)24(17)35)31(22)13-9-25(26,27)28/h2-7,10-11,18,20-22,33H,8-9,12-15H2,1H3,(H,30,34)/b3-2+/t18-,20-,21+,22+/m0/s1. The normalized spacial score (nSPS) is 24.0. The van der Waals surface area contributed by atoms with Crippen LogP contribution in [-0.2, 0) is 17.8 Å². The number of hydrogen-bond donors (Lipinski definition) is 2. The Balaban J connectivity index is 1.65. The molecule has 1 amide bonds. The van der Waals surface area contributed by atoms with Crippen molar-refractivity contribution in [2.45, 2.75) is 44.6 Å². The number of carbonyl (C=O) groups is 1. The van der Waals surface area contributed by atoms with E-state index in [-0.39, 0.29) is 31.2 Å². The van der Waals surface area contributed by atoms with Gasteiger partial charge in [-0.2, -0.15) is 13.2 Å². The first-order chi connectivity index (χ1) is 16.7. The molecule has 188 valence electrons. The highest BCUT2D eigenvalue weighted by atomic mass is 19.4. The number of carbonyl (C=O) groups excluding carboxylic acids is 1. The SMILES string of the molecule is C/C=C/c1ccc2n(c1=O)C[C@H]1[C@H](CO)[C@@H](C(=O)NCCc3ccncc3)[C@@H]2N1CCC(F)(F)F. The van der Waals surface area contributed by atoms with Gasteiger partial charge < -0.3 is 15.0 Å². The van der Waals surface area contributed by atoms with Crippen LogP contribution in [0.15, 0.2) is 47.5 Å². The van der Waals surface area contributed by atoms with E-state index in [1.54, 1.807) is 53.1 Å². The summed E-state index contributed by atoms with van der Waals surface area (Å²) < 4.78 is 40.9. The minimum absolute atomic E-state index is 0.125. The molecule has 0 saturated carbocycles. The van der Waals surface area contributed by atoms with E-state index in [9.17, 15) is 27.9 Å². The van der Waals surface area contributed by atoms with Gasteiger partial charge in [0.15, 0.2) is 0 Å². The van der Waals surface area contributed by atoms with Crippen molar-refractivity contribution in [3.63, 3.8) is 0 Å². The largest absolute Gasteiger partial charge is 0.396 e. The molecule has 2 N–H and O–H groups in total. The summed E-state index contributed by atoms with van der Waals surface area (Å²) in [6.45, 7) is 1.59. The highest BCUT2D eigenvalue weighted by Crippen LogP contribution is 2.48. The summed E-state index contributed by atoms with van der Waals surface area (Å²) in [4.78, 5) is 32.1. The molecule has 10 heteroatoms. The van der Waals surface area contributed by atoms with E-state index in [1.165, 1.54) is 0 Å².